The minimum absolute atomic E-state index is 0.547. The highest BCUT2D eigenvalue weighted by Gasteiger charge is 2.22. The van der Waals surface area contributed by atoms with E-state index in [1.54, 1.807) is 5.57 Å². The Labute approximate surface area is 149 Å². The van der Waals surface area contributed by atoms with Crippen molar-refractivity contribution in [1.29, 1.82) is 0 Å². The van der Waals surface area contributed by atoms with Crippen molar-refractivity contribution in [2.24, 2.45) is 0 Å². The van der Waals surface area contributed by atoms with Crippen LogP contribution in [0.5, 0.6) is 0 Å². The molecule has 4 rings (SSSR count). The molecule has 0 aliphatic heterocycles. The molecular formula is C21H26N4. The number of anilines is 2. The Morgan fingerprint density at radius 2 is 1.92 bits per heavy atom. The summed E-state index contributed by atoms with van der Waals surface area (Å²) in [7, 11) is 0. The van der Waals surface area contributed by atoms with Crippen molar-refractivity contribution >= 4 is 11.8 Å². The zero-order chi connectivity index (χ0) is 16.9. The second kappa shape index (κ2) is 7.68. The van der Waals surface area contributed by atoms with E-state index in [4.69, 9.17) is 4.98 Å². The normalized spacial score (nSPS) is 17.0. The summed E-state index contributed by atoms with van der Waals surface area (Å²) in [4.78, 5) is 9.38. The highest BCUT2D eigenvalue weighted by molar-refractivity contribution is 5.64. The predicted octanol–water partition coefficient (Wildman–Crippen LogP) is 5.02. The van der Waals surface area contributed by atoms with Gasteiger partial charge in [0.15, 0.2) is 0 Å². The van der Waals surface area contributed by atoms with Crippen molar-refractivity contribution in [2.75, 3.05) is 17.2 Å². The molecule has 2 aliphatic carbocycles. The summed E-state index contributed by atoms with van der Waals surface area (Å²) >= 11 is 0. The minimum Gasteiger partial charge on any atom is -0.370 e. The van der Waals surface area contributed by atoms with E-state index in [1.807, 2.05) is 18.2 Å². The molecule has 1 saturated carbocycles. The van der Waals surface area contributed by atoms with Gasteiger partial charge in [-0.25, -0.2) is 4.98 Å². The smallest absolute Gasteiger partial charge is 0.225 e. The molecule has 4 heteroatoms. The van der Waals surface area contributed by atoms with Crippen molar-refractivity contribution in [3.05, 3.63) is 48.0 Å². The third-order valence-electron chi connectivity index (χ3n) is 4.84. The van der Waals surface area contributed by atoms with Gasteiger partial charge >= 0.3 is 0 Å². The fraction of sp³-hybridized carbons (Fsp3) is 0.429. The average Bonchev–Trinajstić information content (AvgIpc) is 3.47. The summed E-state index contributed by atoms with van der Waals surface area (Å²) in [6.07, 6.45) is 11.2. The Hall–Kier alpha value is -2.36. The van der Waals surface area contributed by atoms with Crippen LogP contribution in [-0.2, 0) is 0 Å². The number of aromatic nitrogens is 2. The first-order chi connectivity index (χ1) is 12.4. The maximum absolute atomic E-state index is 4.71. The van der Waals surface area contributed by atoms with Gasteiger partial charge < -0.3 is 10.6 Å². The highest BCUT2D eigenvalue weighted by Crippen LogP contribution is 2.26. The van der Waals surface area contributed by atoms with Crippen molar-refractivity contribution in [2.45, 2.75) is 51.0 Å². The van der Waals surface area contributed by atoms with E-state index in [1.165, 1.54) is 38.5 Å². The third kappa shape index (κ3) is 4.59. The summed E-state index contributed by atoms with van der Waals surface area (Å²) in [5.74, 6) is 1.65. The van der Waals surface area contributed by atoms with Crippen LogP contribution in [0.3, 0.4) is 0 Å². The summed E-state index contributed by atoms with van der Waals surface area (Å²) in [6.45, 7) is 0.931. The number of benzene rings is 1. The van der Waals surface area contributed by atoms with E-state index in [0.717, 1.165) is 36.0 Å². The van der Waals surface area contributed by atoms with Gasteiger partial charge in [-0.3, -0.25) is 0 Å². The van der Waals surface area contributed by atoms with Crippen molar-refractivity contribution in [3.63, 3.8) is 0 Å². The molecule has 2 N–H and O–H groups in total. The largest absolute Gasteiger partial charge is 0.370 e. The third-order valence-corrected chi connectivity index (χ3v) is 4.84. The summed E-state index contributed by atoms with van der Waals surface area (Å²) in [5.41, 5.74) is 3.69. The standard InChI is InChI=1S/C21H26N4/c1-3-7-16(8-4-1)13-14-22-20-15-19(17-9-5-2-6-10-17)24-21(25-20)23-18-11-12-18/h2,5-7,9-10,15,18H,1,3-4,8,11-14H2,(H2,22,23,24,25). The lowest BCUT2D eigenvalue weighted by Gasteiger charge is -2.14. The molecule has 2 aliphatic rings. The van der Waals surface area contributed by atoms with Crippen LogP contribution in [0.2, 0.25) is 0 Å². The summed E-state index contributed by atoms with van der Waals surface area (Å²) in [5, 5.41) is 6.94. The van der Waals surface area contributed by atoms with Gasteiger partial charge in [0.2, 0.25) is 5.95 Å². The van der Waals surface area contributed by atoms with Gasteiger partial charge in [0.25, 0.3) is 0 Å². The molecule has 0 radical (unpaired) electrons. The van der Waals surface area contributed by atoms with Crippen LogP contribution >= 0.6 is 0 Å². The lowest BCUT2D eigenvalue weighted by Crippen LogP contribution is -2.10. The van der Waals surface area contributed by atoms with Crippen LogP contribution < -0.4 is 10.6 Å². The van der Waals surface area contributed by atoms with Crippen LogP contribution in [-0.4, -0.2) is 22.6 Å². The lowest BCUT2D eigenvalue weighted by molar-refractivity contribution is 0.679. The molecule has 25 heavy (non-hydrogen) atoms. The molecule has 0 bridgehead atoms. The second-order valence-corrected chi connectivity index (χ2v) is 7.03. The molecule has 1 fully saturated rings. The number of allylic oxidation sites excluding steroid dienone is 1. The maximum atomic E-state index is 4.71. The zero-order valence-electron chi connectivity index (χ0n) is 14.7. The van der Waals surface area contributed by atoms with E-state index in [9.17, 15) is 0 Å². The van der Waals surface area contributed by atoms with Crippen LogP contribution in [0.15, 0.2) is 48.0 Å². The fourth-order valence-corrected chi connectivity index (χ4v) is 3.25. The fourth-order valence-electron chi connectivity index (χ4n) is 3.25. The molecule has 1 aromatic heterocycles. The van der Waals surface area contributed by atoms with Crippen LogP contribution in [0.1, 0.15) is 44.9 Å². The van der Waals surface area contributed by atoms with Crippen molar-refractivity contribution in [3.8, 4) is 11.3 Å². The first-order valence-electron chi connectivity index (χ1n) is 9.50. The molecule has 2 aromatic rings. The van der Waals surface area contributed by atoms with Crippen LogP contribution in [0.25, 0.3) is 11.3 Å². The molecule has 1 heterocycles. The Morgan fingerprint density at radius 1 is 1.04 bits per heavy atom. The summed E-state index contributed by atoms with van der Waals surface area (Å²) in [6, 6.07) is 12.9. The van der Waals surface area contributed by atoms with Gasteiger partial charge in [0.05, 0.1) is 5.69 Å². The summed E-state index contributed by atoms with van der Waals surface area (Å²) < 4.78 is 0. The predicted molar refractivity (Wildman–Crippen MR) is 104 cm³/mol. The van der Waals surface area contributed by atoms with E-state index in [0.29, 0.717) is 6.04 Å². The Kier molecular flexibility index (Phi) is 4.96. The number of rotatable bonds is 7. The van der Waals surface area contributed by atoms with Gasteiger partial charge in [0, 0.05) is 24.2 Å². The SMILES string of the molecule is C1=C(CCNc2cc(-c3ccccc3)nc(NC3CC3)n2)CCCC1. The van der Waals surface area contributed by atoms with Gasteiger partial charge in [-0.2, -0.15) is 4.98 Å². The quantitative estimate of drug-likeness (QED) is 0.698. The second-order valence-electron chi connectivity index (χ2n) is 7.03. The first-order valence-corrected chi connectivity index (χ1v) is 9.50. The minimum atomic E-state index is 0.547. The number of nitrogens with one attached hydrogen (secondary N) is 2. The monoisotopic (exact) mass is 334 g/mol. The number of hydrogen-bond donors (Lipinski definition) is 2. The molecule has 0 spiro atoms. The topological polar surface area (TPSA) is 49.8 Å². The number of hydrogen-bond acceptors (Lipinski definition) is 4. The molecule has 4 nitrogen and oxygen atoms in total. The van der Waals surface area contributed by atoms with Gasteiger partial charge in [-0.05, 0) is 44.9 Å². The molecular weight excluding hydrogens is 308 g/mol. The van der Waals surface area contributed by atoms with Gasteiger partial charge in [0.1, 0.15) is 5.82 Å². The van der Waals surface area contributed by atoms with E-state index < -0.39 is 0 Å². The Bertz CT molecular complexity index is 735. The van der Waals surface area contributed by atoms with Gasteiger partial charge in [-0.15, -0.1) is 0 Å². The van der Waals surface area contributed by atoms with E-state index >= 15 is 0 Å². The molecule has 1 aromatic carbocycles. The van der Waals surface area contributed by atoms with E-state index in [2.05, 4.69) is 39.9 Å². The molecule has 0 amide bonds. The highest BCUT2D eigenvalue weighted by atomic mass is 15.2. The molecule has 0 saturated heterocycles. The number of nitrogens with zero attached hydrogens (tertiary/aromatic N) is 2. The molecule has 0 unspecified atom stereocenters. The van der Waals surface area contributed by atoms with Crippen LogP contribution in [0, 0.1) is 0 Å². The molecule has 0 atom stereocenters. The van der Waals surface area contributed by atoms with Gasteiger partial charge in [-0.1, -0.05) is 42.0 Å². The first kappa shape index (κ1) is 16.1. The van der Waals surface area contributed by atoms with Crippen LogP contribution in [0.4, 0.5) is 11.8 Å². The van der Waals surface area contributed by atoms with Crippen molar-refractivity contribution in [1.82, 2.24) is 9.97 Å². The van der Waals surface area contributed by atoms with Crippen molar-refractivity contribution < 1.29 is 0 Å². The van der Waals surface area contributed by atoms with E-state index in [-0.39, 0.29) is 0 Å². The Morgan fingerprint density at radius 3 is 2.68 bits per heavy atom. The zero-order valence-corrected chi connectivity index (χ0v) is 14.7. The Balaban J connectivity index is 1.48. The average molecular weight is 334 g/mol. The molecule has 130 valence electrons. The lowest BCUT2D eigenvalue weighted by atomic mass is 9.97. The maximum Gasteiger partial charge on any atom is 0.225 e.